The molecule has 0 radical (unpaired) electrons. The number of aromatic nitrogens is 2. The molecule has 1 fully saturated rings. The first-order valence-corrected chi connectivity index (χ1v) is 4.66. The van der Waals surface area contributed by atoms with E-state index in [9.17, 15) is 9.59 Å². The van der Waals surface area contributed by atoms with Gasteiger partial charge in [0.2, 0.25) is 0 Å². The smallest absolute Gasteiger partial charge is 0.321 e. The Morgan fingerprint density at radius 2 is 2.33 bits per heavy atom. The predicted molar refractivity (Wildman–Crippen MR) is 50.1 cm³/mol. The fourth-order valence-corrected chi connectivity index (χ4v) is 1.72. The first kappa shape index (κ1) is 9.85. The van der Waals surface area contributed by atoms with Crippen LogP contribution in [-0.2, 0) is 9.59 Å². The monoisotopic (exact) mass is 209 g/mol. The molecule has 2 heterocycles. The van der Waals surface area contributed by atoms with Crippen molar-refractivity contribution in [2.75, 3.05) is 0 Å². The molecule has 1 aliphatic rings. The normalized spacial score (nSPS) is 26.5. The van der Waals surface area contributed by atoms with Crippen LogP contribution in [0.25, 0.3) is 0 Å². The molecule has 0 bridgehead atoms. The van der Waals surface area contributed by atoms with Crippen molar-refractivity contribution in [2.45, 2.75) is 24.9 Å². The molecule has 0 spiro atoms. The van der Waals surface area contributed by atoms with E-state index in [-0.39, 0.29) is 18.2 Å². The van der Waals surface area contributed by atoms with Crippen molar-refractivity contribution in [2.24, 2.45) is 0 Å². The maximum absolute atomic E-state index is 11.3. The zero-order valence-corrected chi connectivity index (χ0v) is 7.93. The summed E-state index contributed by atoms with van der Waals surface area (Å²) in [6, 6.07) is -1.03. The minimum Gasteiger partial charge on any atom is -0.480 e. The summed E-state index contributed by atoms with van der Waals surface area (Å²) < 4.78 is 0. The van der Waals surface area contributed by atoms with Gasteiger partial charge in [-0.05, 0) is 0 Å². The summed E-state index contributed by atoms with van der Waals surface area (Å²) in [5.41, 5.74) is 0.814. The Labute approximate surface area is 85.7 Å². The summed E-state index contributed by atoms with van der Waals surface area (Å²) in [7, 11) is 0. The second kappa shape index (κ2) is 3.82. The van der Waals surface area contributed by atoms with Gasteiger partial charge in [-0.15, -0.1) is 0 Å². The lowest BCUT2D eigenvalue weighted by Gasteiger charge is -2.26. The van der Waals surface area contributed by atoms with E-state index in [2.05, 4.69) is 15.5 Å². The maximum Gasteiger partial charge on any atom is 0.321 e. The van der Waals surface area contributed by atoms with E-state index in [4.69, 9.17) is 5.11 Å². The Bertz CT molecular complexity index is 374. The number of aliphatic carboxylic acids is 1. The van der Waals surface area contributed by atoms with Gasteiger partial charge in [0.15, 0.2) is 0 Å². The molecule has 2 unspecified atom stereocenters. The fraction of sp³-hybridized carbons (Fsp3) is 0.444. The van der Waals surface area contributed by atoms with Gasteiger partial charge in [0.1, 0.15) is 11.8 Å². The van der Waals surface area contributed by atoms with Crippen LogP contribution in [0.2, 0.25) is 0 Å². The second-order valence-electron chi connectivity index (χ2n) is 3.59. The van der Waals surface area contributed by atoms with Gasteiger partial charge in [0, 0.05) is 30.6 Å². The molecule has 3 N–H and O–H groups in total. The number of nitrogens with one attached hydrogen (secondary N) is 2. The summed E-state index contributed by atoms with van der Waals surface area (Å²) in [5, 5.41) is 18.1. The number of carboxylic acids is 1. The largest absolute Gasteiger partial charge is 0.480 e. The number of hydrogen-bond acceptors (Lipinski definition) is 4. The van der Waals surface area contributed by atoms with Crippen molar-refractivity contribution in [1.82, 2.24) is 15.5 Å². The van der Waals surface area contributed by atoms with Gasteiger partial charge >= 0.3 is 5.97 Å². The number of aromatic amines is 1. The lowest BCUT2D eigenvalue weighted by Crippen LogP contribution is -2.45. The number of hydrogen-bond donors (Lipinski definition) is 3. The fourth-order valence-electron chi connectivity index (χ4n) is 1.72. The molecule has 0 aliphatic carbocycles. The summed E-state index contributed by atoms with van der Waals surface area (Å²) in [4.78, 5) is 22.1. The number of carbonyl (C=O) groups excluding carboxylic acids is 1. The molecule has 6 heteroatoms. The first-order valence-electron chi connectivity index (χ1n) is 4.66. The molecular weight excluding hydrogens is 198 g/mol. The molecule has 6 nitrogen and oxygen atoms in total. The molecule has 2 rings (SSSR count). The van der Waals surface area contributed by atoms with Crippen molar-refractivity contribution in [3.8, 4) is 0 Å². The Morgan fingerprint density at radius 1 is 1.53 bits per heavy atom. The maximum atomic E-state index is 11.3. The Balaban J connectivity index is 2.14. The number of carboxylic acid groups (broad SMARTS) is 1. The van der Waals surface area contributed by atoms with Crippen LogP contribution in [0.3, 0.4) is 0 Å². The van der Waals surface area contributed by atoms with Gasteiger partial charge in [0.25, 0.3) is 0 Å². The van der Waals surface area contributed by atoms with Crippen LogP contribution in [0.1, 0.15) is 24.4 Å². The number of ketones is 1. The molecule has 1 aromatic heterocycles. The average molecular weight is 209 g/mol. The van der Waals surface area contributed by atoms with E-state index in [1.165, 1.54) is 0 Å². The van der Waals surface area contributed by atoms with Crippen LogP contribution < -0.4 is 5.32 Å². The third kappa shape index (κ3) is 2.04. The van der Waals surface area contributed by atoms with Gasteiger partial charge in [-0.2, -0.15) is 5.10 Å². The summed E-state index contributed by atoms with van der Waals surface area (Å²) >= 11 is 0. The number of nitrogens with zero attached hydrogens (tertiary/aromatic N) is 1. The molecule has 2 atom stereocenters. The number of rotatable bonds is 2. The van der Waals surface area contributed by atoms with Gasteiger partial charge in [-0.1, -0.05) is 0 Å². The number of Topliss-reactive ketones (excluding diaryl/α,β-unsaturated/α-hetero) is 1. The zero-order chi connectivity index (χ0) is 10.8. The minimum absolute atomic E-state index is 0.0349. The van der Waals surface area contributed by atoms with Crippen LogP contribution in [0, 0.1) is 0 Å². The molecule has 0 aromatic carbocycles. The van der Waals surface area contributed by atoms with Crippen LogP contribution in [0.4, 0.5) is 0 Å². The third-order valence-electron chi connectivity index (χ3n) is 2.49. The van der Waals surface area contributed by atoms with Gasteiger partial charge < -0.3 is 5.11 Å². The van der Waals surface area contributed by atoms with Crippen molar-refractivity contribution < 1.29 is 14.7 Å². The Kier molecular flexibility index (Phi) is 2.51. The van der Waals surface area contributed by atoms with E-state index < -0.39 is 12.0 Å². The quantitative estimate of drug-likeness (QED) is 0.630. The number of piperidine rings is 1. The Morgan fingerprint density at radius 3 is 2.93 bits per heavy atom. The molecule has 1 aromatic rings. The highest BCUT2D eigenvalue weighted by Crippen LogP contribution is 2.22. The highest BCUT2D eigenvalue weighted by molar-refractivity contribution is 5.87. The van der Waals surface area contributed by atoms with E-state index in [1.54, 1.807) is 12.4 Å². The van der Waals surface area contributed by atoms with E-state index in [0.717, 1.165) is 5.56 Å². The van der Waals surface area contributed by atoms with Crippen molar-refractivity contribution >= 4 is 11.8 Å². The van der Waals surface area contributed by atoms with Crippen LogP contribution in [0.5, 0.6) is 0 Å². The average Bonchev–Trinajstić information content (AvgIpc) is 2.69. The van der Waals surface area contributed by atoms with E-state index in [1.807, 2.05) is 0 Å². The van der Waals surface area contributed by atoms with E-state index in [0.29, 0.717) is 6.42 Å². The number of carbonyl (C=O) groups is 2. The highest BCUT2D eigenvalue weighted by atomic mass is 16.4. The van der Waals surface area contributed by atoms with Crippen LogP contribution in [-0.4, -0.2) is 33.1 Å². The number of H-pyrrole nitrogens is 1. The first-order chi connectivity index (χ1) is 7.16. The lowest BCUT2D eigenvalue weighted by molar-refractivity contribution is -0.143. The van der Waals surface area contributed by atoms with Crippen molar-refractivity contribution in [3.63, 3.8) is 0 Å². The predicted octanol–water partition coefficient (Wildman–Crippen LogP) is -0.143. The minimum atomic E-state index is -0.989. The van der Waals surface area contributed by atoms with Gasteiger partial charge in [0.05, 0.1) is 6.20 Å². The topological polar surface area (TPSA) is 95.1 Å². The zero-order valence-electron chi connectivity index (χ0n) is 7.93. The molecule has 15 heavy (non-hydrogen) atoms. The lowest BCUT2D eigenvalue weighted by atomic mass is 9.94. The molecule has 0 amide bonds. The van der Waals surface area contributed by atoms with Crippen molar-refractivity contribution in [1.29, 1.82) is 0 Å². The molecule has 1 aliphatic heterocycles. The summed E-state index contributed by atoms with van der Waals surface area (Å²) in [5.74, 6) is -1.02. The molecule has 1 saturated heterocycles. The summed E-state index contributed by atoms with van der Waals surface area (Å²) in [6.45, 7) is 0. The third-order valence-corrected chi connectivity index (χ3v) is 2.49. The highest BCUT2D eigenvalue weighted by Gasteiger charge is 2.31. The second-order valence-corrected chi connectivity index (χ2v) is 3.59. The van der Waals surface area contributed by atoms with E-state index >= 15 is 0 Å². The van der Waals surface area contributed by atoms with Crippen LogP contribution in [0.15, 0.2) is 12.4 Å². The summed E-state index contributed by atoms with van der Waals surface area (Å²) in [6.07, 6.45) is 3.64. The molecule has 80 valence electrons. The van der Waals surface area contributed by atoms with Gasteiger partial charge in [-0.25, -0.2) is 0 Å². The van der Waals surface area contributed by atoms with Crippen LogP contribution >= 0.6 is 0 Å². The van der Waals surface area contributed by atoms with Crippen molar-refractivity contribution in [3.05, 3.63) is 18.0 Å². The molecular formula is C9H11N3O3. The SMILES string of the molecule is O=C1CC(C(=O)O)NC(c2cn[nH]c2)C1. The standard InChI is InChI=1S/C9H11N3O3/c13-6-1-7(5-3-10-11-4-5)12-8(2-6)9(14)15/h3-4,7-8,12H,1-2H2,(H,10,11)(H,14,15). The van der Waals surface area contributed by atoms with Gasteiger partial charge in [-0.3, -0.25) is 20.0 Å². The molecule has 0 saturated carbocycles. The Hall–Kier alpha value is -1.69.